The first-order valence-corrected chi connectivity index (χ1v) is 6.60. The van der Waals surface area contributed by atoms with Gasteiger partial charge in [-0.05, 0) is 24.6 Å². The summed E-state index contributed by atoms with van der Waals surface area (Å²) < 4.78 is 12.9. The Kier molecular flexibility index (Phi) is 3.34. The van der Waals surface area contributed by atoms with Crippen molar-refractivity contribution < 1.29 is 4.39 Å². The summed E-state index contributed by atoms with van der Waals surface area (Å²) in [6.45, 7) is -0.599. The van der Waals surface area contributed by atoms with Crippen molar-refractivity contribution in [3.63, 3.8) is 0 Å². The number of hydrogen-bond donors (Lipinski definition) is 1. The van der Waals surface area contributed by atoms with Gasteiger partial charge in [-0.2, -0.15) is 0 Å². The van der Waals surface area contributed by atoms with Gasteiger partial charge in [-0.25, -0.2) is 14.4 Å². The molecule has 1 N–H and O–H groups in total. The third kappa shape index (κ3) is 2.84. The number of hydrogen-bond acceptors (Lipinski definition) is 3. The predicted molar refractivity (Wildman–Crippen MR) is 73.6 cm³/mol. The van der Waals surface area contributed by atoms with Crippen LogP contribution in [0.5, 0.6) is 0 Å². The van der Waals surface area contributed by atoms with Crippen molar-refractivity contribution >= 4 is 23.2 Å². The Labute approximate surface area is 115 Å². The molecule has 2 unspecified atom stereocenters. The van der Waals surface area contributed by atoms with Crippen LogP contribution in [0.15, 0.2) is 36.4 Å². The van der Waals surface area contributed by atoms with Gasteiger partial charge in [0.1, 0.15) is 6.67 Å². The second-order valence-corrected chi connectivity index (χ2v) is 5.15. The molecule has 0 bridgehead atoms. The van der Waals surface area contributed by atoms with Gasteiger partial charge in [-0.15, -0.1) is 11.6 Å². The highest BCUT2D eigenvalue weighted by Gasteiger charge is 2.38. The van der Waals surface area contributed by atoms with Gasteiger partial charge >= 0.3 is 0 Å². The van der Waals surface area contributed by atoms with E-state index >= 15 is 0 Å². The minimum Gasteiger partial charge on any atom is -0.324 e. The van der Waals surface area contributed by atoms with Gasteiger partial charge in [0.15, 0.2) is 0 Å². The van der Waals surface area contributed by atoms with Crippen LogP contribution in [0.3, 0.4) is 0 Å². The van der Waals surface area contributed by atoms with Crippen LogP contribution in [0.1, 0.15) is 23.7 Å². The molecule has 3 rings (SSSR count). The molecule has 1 aromatic carbocycles. The third-order valence-electron chi connectivity index (χ3n) is 3.06. The minimum atomic E-state index is -0.599. The molecule has 0 radical (unpaired) electrons. The van der Waals surface area contributed by atoms with Gasteiger partial charge in [0.2, 0.25) is 5.95 Å². The van der Waals surface area contributed by atoms with E-state index in [1.807, 2.05) is 30.3 Å². The summed E-state index contributed by atoms with van der Waals surface area (Å²) in [7, 11) is 0. The van der Waals surface area contributed by atoms with E-state index in [-0.39, 0.29) is 11.3 Å². The van der Waals surface area contributed by atoms with E-state index in [0.29, 0.717) is 11.6 Å². The van der Waals surface area contributed by atoms with Crippen LogP contribution in [-0.2, 0) is 6.67 Å². The maximum Gasteiger partial charge on any atom is 0.227 e. The molecule has 5 heteroatoms. The van der Waals surface area contributed by atoms with Crippen LogP contribution in [0.25, 0.3) is 0 Å². The minimum absolute atomic E-state index is 0.118. The van der Waals surface area contributed by atoms with Crippen molar-refractivity contribution in [1.82, 2.24) is 9.97 Å². The molecule has 1 aromatic heterocycles. The van der Waals surface area contributed by atoms with Crippen molar-refractivity contribution in [2.24, 2.45) is 0 Å². The zero-order valence-corrected chi connectivity index (χ0v) is 10.9. The second kappa shape index (κ2) is 5.13. The number of benzene rings is 1. The number of alkyl halides is 2. The van der Waals surface area contributed by atoms with Crippen molar-refractivity contribution in [3.8, 4) is 0 Å². The molecule has 19 heavy (non-hydrogen) atoms. The van der Waals surface area contributed by atoms with Gasteiger partial charge in [0.25, 0.3) is 0 Å². The van der Waals surface area contributed by atoms with Gasteiger partial charge in [0.05, 0.1) is 11.4 Å². The van der Waals surface area contributed by atoms with E-state index in [4.69, 9.17) is 11.6 Å². The summed E-state index contributed by atoms with van der Waals surface area (Å²) in [5, 5.41) is 3.20. The molecular weight excluding hydrogens is 265 g/mol. The monoisotopic (exact) mass is 277 g/mol. The van der Waals surface area contributed by atoms with Crippen LogP contribution in [0.2, 0.25) is 0 Å². The molecule has 1 aliphatic carbocycles. The van der Waals surface area contributed by atoms with Crippen molar-refractivity contribution in [1.29, 1.82) is 0 Å². The van der Waals surface area contributed by atoms with Gasteiger partial charge < -0.3 is 5.32 Å². The molecule has 1 aliphatic rings. The van der Waals surface area contributed by atoms with E-state index < -0.39 is 6.67 Å². The maximum absolute atomic E-state index is 12.9. The Balaban J connectivity index is 1.88. The summed E-state index contributed by atoms with van der Waals surface area (Å²) >= 11 is 6.02. The van der Waals surface area contributed by atoms with E-state index in [2.05, 4.69) is 15.3 Å². The Hall–Kier alpha value is -1.68. The van der Waals surface area contributed by atoms with Crippen LogP contribution in [0.4, 0.5) is 16.0 Å². The number of aromatic nitrogens is 2. The molecule has 3 nitrogen and oxygen atoms in total. The lowest BCUT2D eigenvalue weighted by Gasteiger charge is -2.08. The highest BCUT2D eigenvalue weighted by atomic mass is 35.5. The van der Waals surface area contributed by atoms with E-state index in [9.17, 15) is 4.39 Å². The Bertz CT molecular complexity index is 576. The Morgan fingerprint density at radius 2 is 2.00 bits per heavy atom. The summed E-state index contributed by atoms with van der Waals surface area (Å²) in [4.78, 5) is 8.56. The molecule has 0 spiro atoms. The zero-order chi connectivity index (χ0) is 13.2. The predicted octanol–water partition coefficient (Wildman–Crippen LogP) is 3.78. The lowest BCUT2D eigenvalue weighted by atomic mass is 10.2. The van der Waals surface area contributed by atoms with Crippen LogP contribution in [0, 0.1) is 0 Å². The third-order valence-corrected chi connectivity index (χ3v) is 3.54. The van der Waals surface area contributed by atoms with Crippen molar-refractivity contribution in [3.05, 3.63) is 47.8 Å². The highest BCUT2D eigenvalue weighted by Crippen LogP contribution is 2.44. The first-order valence-electron chi connectivity index (χ1n) is 6.16. The Morgan fingerprint density at radius 1 is 1.26 bits per heavy atom. The molecule has 0 saturated heterocycles. The SMILES string of the molecule is FCc1cc(C2CC2Cl)nc(Nc2ccccc2)n1. The smallest absolute Gasteiger partial charge is 0.227 e. The lowest BCUT2D eigenvalue weighted by Crippen LogP contribution is -2.03. The average Bonchev–Trinajstić information content (AvgIpc) is 3.17. The first kappa shape index (κ1) is 12.4. The fourth-order valence-electron chi connectivity index (χ4n) is 1.95. The van der Waals surface area contributed by atoms with Gasteiger partial charge in [-0.1, -0.05) is 18.2 Å². The molecule has 2 atom stereocenters. The van der Waals surface area contributed by atoms with E-state index in [1.54, 1.807) is 6.07 Å². The Morgan fingerprint density at radius 3 is 2.63 bits per heavy atom. The quantitative estimate of drug-likeness (QED) is 0.864. The summed E-state index contributed by atoms with van der Waals surface area (Å²) in [6.07, 6.45) is 0.898. The number of anilines is 2. The van der Waals surface area contributed by atoms with E-state index in [0.717, 1.165) is 17.8 Å². The maximum atomic E-state index is 12.9. The highest BCUT2D eigenvalue weighted by molar-refractivity contribution is 6.23. The molecule has 0 amide bonds. The van der Waals surface area contributed by atoms with Crippen LogP contribution < -0.4 is 5.32 Å². The van der Waals surface area contributed by atoms with Crippen LogP contribution in [-0.4, -0.2) is 15.3 Å². The molecular formula is C14H13ClFN3. The fraction of sp³-hybridized carbons (Fsp3) is 0.286. The molecule has 1 fully saturated rings. The topological polar surface area (TPSA) is 37.8 Å². The molecule has 0 aliphatic heterocycles. The lowest BCUT2D eigenvalue weighted by molar-refractivity contribution is 0.475. The number of para-hydroxylation sites is 1. The average molecular weight is 278 g/mol. The van der Waals surface area contributed by atoms with Crippen molar-refractivity contribution in [2.45, 2.75) is 24.4 Å². The van der Waals surface area contributed by atoms with Crippen LogP contribution >= 0.6 is 11.6 Å². The number of nitrogens with zero attached hydrogens (tertiary/aromatic N) is 2. The van der Waals surface area contributed by atoms with Crippen molar-refractivity contribution in [2.75, 3.05) is 5.32 Å². The van der Waals surface area contributed by atoms with Gasteiger partial charge in [-0.3, -0.25) is 0 Å². The van der Waals surface area contributed by atoms with E-state index in [1.165, 1.54) is 0 Å². The second-order valence-electron chi connectivity index (χ2n) is 4.59. The standard InChI is InChI=1S/C14H13ClFN3/c15-12-7-11(12)13-6-10(8-16)18-14(19-13)17-9-4-2-1-3-5-9/h1-6,11-12H,7-8H2,(H,17,18,19). The molecule has 1 saturated carbocycles. The summed E-state index contributed by atoms with van der Waals surface area (Å²) in [5.41, 5.74) is 2.09. The van der Waals surface area contributed by atoms with Gasteiger partial charge in [0, 0.05) is 17.0 Å². The molecule has 1 heterocycles. The number of nitrogens with one attached hydrogen (secondary N) is 1. The fourth-order valence-corrected chi connectivity index (χ4v) is 2.27. The normalized spacial score (nSPS) is 21.2. The molecule has 2 aromatic rings. The largest absolute Gasteiger partial charge is 0.324 e. The summed E-state index contributed by atoms with van der Waals surface area (Å²) in [5.74, 6) is 0.651. The molecule has 98 valence electrons. The summed E-state index contributed by atoms with van der Waals surface area (Å²) in [6, 6.07) is 11.3. The number of halogens is 2. The zero-order valence-electron chi connectivity index (χ0n) is 10.2. The number of rotatable bonds is 4. The first-order chi connectivity index (χ1) is 9.26.